The van der Waals surface area contributed by atoms with Crippen molar-refractivity contribution in [1.82, 2.24) is 15.0 Å². The lowest BCUT2D eigenvalue weighted by Crippen LogP contribution is -2.42. The second kappa shape index (κ2) is 6.64. The molecule has 1 saturated heterocycles. The van der Waals surface area contributed by atoms with Crippen molar-refractivity contribution < 1.29 is 28.7 Å². The maximum Gasteiger partial charge on any atom is 0.326 e. The number of aryl methyl sites for hydroxylation is 1. The van der Waals surface area contributed by atoms with Crippen LogP contribution in [-0.4, -0.2) is 64.4 Å². The van der Waals surface area contributed by atoms with E-state index in [0.29, 0.717) is 5.82 Å². The molecule has 0 aromatic carbocycles. The van der Waals surface area contributed by atoms with Gasteiger partial charge in [0.1, 0.15) is 19.3 Å². The number of aliphatic carboxylic acids is 1. The van der Waals surface area contributed by atoms with Gasteiger partial charge in [-0.2, -0.15) is 4.98 Å². The molecule has 0 aliphatic carbocycles. The first-order chi connectivity index (χ1) is 10.0. The fraction of sp³-hybridized carbons (Fsp3) is 0.667. The summed E-state index contributed by atoms with van der Waals surface area (Å²) in [5.74, 6) is -0.701. The number of carbonyl (C=O) groups excluding carboxylic acids is 1. The van der Waals surface area contributed by atoms with E-state index < -0.39 is 17.9 Å². The number of hydrogen-bond acceptors (Lipinski definition) is 7. The van der Waals surface area contributed by atoms with Crippen molar-refractivity contribution >= 4 is 11.9 Å². The van der Waals surface area contributed by atoms with Crippen molar-refractivity contribution in [2.75, 3.05) is 20.3 Å². The standard InChI is InChI=1S/C12H17N3O6/c1-7-13-10(21-14-7)5-20-6-11(16)15-4-8(19-2)3-9(15)12(17)18/h8-9H,3-6H2,1-2H3,(H,17,18). The molecule has 0 bridgehead atoms. The zero-order valence-corrected chi connectivity index (χ0v) is 11.8. The molecular formula is C12H17N3O6. The summed E-state index contributed by atoms with van der Waals surface area (Å²) < 4.78 is 15.1. The van der Waals surface area contributed by atoms with Crippen LogP contribution in [0.3, 0.4) is 0 Å². The average Bonchev–Trinajstić information content (AvgIpc) is 3.04. The molecule has 2 atom stereocenters. The Morgan fingerprint density at radius 2 is 2.29 bits per heavy atom. The summed E-state index contributed by atoms with van der Waals surface area (Å²) in [7, 11) is 1.49. The van der Waals surface area contributed by atoms with Crippen LogP contribution >= 0.6 is 0 Å². The third-order valence-corrected chi connectivity index (χ3v) is 3.22. The summed E-state index contributed by atoms with van der Waals surface area (Å²) in [5.41, 5.74) is 0. The van der Waals surface area contributed by atoms with Gasteiger partial charge >= 0.3 is 5.97 Å². The molecule has 1 aromatic heterocycles. The van der Waals surface area contributed by atoms with E-state index >= 15 is 0 Å². The van der Waals surface area contributed by atoms with Gasteiger partial charge in [-0.05, 0) is 6.92 Å². The molecule has 116 valence electrons. The number of aromatic nitrogens is 2. The van der Waals surface area contributed by atoms with Crippen LogP contribution < -0.4 is 0 Å². The van der Waals surface area contributed by atoms with Crippen LogP contribution in [0.5, 0.6) is 0 Å². The molecule has 1 aromatic rings. The first-order valence-corrected chi connectivity index (χ1v) is 6.43. The fourth-order valence-electron chi connectivity index (χ4n) is 2.19. The normalized spacial score (nSPS) is 21.7. The Morgan fingerprint density at radius 3 is 2.86 bits per heavy atom. The molecule has 0 spiro atoms. The second-order valence-corrected chi connectivity index (χ2v) is 4.72. The minimum absolute atomic E-state index is 0.00582. The van der Waals surface area contributed by atoms with Crippen LogP contribution in [0.4, 0.5) is 0 Å². The van der Waals surface area contributed by atoms with Gasteiger partial charge in [-0.25, -0.2) is 4.79 Å². The molecule has 1 amide bonds. The number of hydrogen-bond donors (Lipinski definition) is 1. The summed E-state index contributed by atoms with van der Waals surface area (Å²) in [6, 6.07) is -0.878. The highest BCUT2D eigenvalue weighted by Crippen LogP contribution is 2.20. The van der Waals surface area contributed by atoms with Crippen LogP contribution in [-0.2, 0) is 25.7 Å². The van der Waals surface area contributed by atoms with Crippen LogP contribution in [0.2, 0.25) is 0 Å². The third kappa shape index (κ3) is 3.76. The van der Waals surface area contributed by atoms with E-state index in [1.807, 2.05) is 0 Å². The quantitative estimate of drug-likeness (QED) is 0.754. The first kappa shape index (κ1) is 15.4. The Morgan fingerprint density at radius 1 is 1.52 bits per heavy atom. The lowest BCUT2D eigenvalue weighted by molar-refractivity contribution is -0.150. The van der Waals surface area contributed by atoms with Gasteiger partial charge in [-0.15, -0.1) is 0 Å². The molecule has 21 heavy (non-hydrogen) atoms. The van der Waals surface area contributed by atoms with E-state index in [2.05, 4.69) is 10.1 Å². The molecule has 9 heteroatoms. The van der Waals surface area contributed by atoms with Crippen molar-refractivity contribution in [1.29, 1.82) is 0 Å². The van der Waals surface area contributed by atoms with E-state index in [-0.39, 0.29) is 38.2 Å². The Hall–Kier alpha value is -2.00. The van der Waals surface area contributed by atoms with Crippen molar-refractivity contribution in [3.8, 4) is 0 Å². The molecule has 1 aliphatic rings. The maximum atomic E-state index is 12.0. The highest BCUT2D eigenvalue weighted by molar-refractivity contribution is 5.85. The molecule has 2 heterocycles. The summed E-state index contributed by atoms with van der Waals surface area (Å²) >= 11 is 0. The molecule has 0 radical (unpaired) electrons. The van der Waals surface area contributed by atoms with E-state index in [9.17, 15) is 9.59 Å². The minimum atomic E-state index is -1.05. The molecule has 1 fully saturated rings. The van der Waals surface area contributed by atoms with Crippen LogP contribution in [0.1, 0.15) is 18.1 Å². The smallest absolute Gasteiger partial charge is 0.326 e. The Balaban J connectivity index is 1.85. The summed E-state index contributed by atoms with van der Waals surface area (Å²) in [6.07, 6.45) is 0.00842. The summed E-state index contributed by atoms with van der Waals surface area (Å²) in [5, 5.41) is 12.7. The number of carboxylic acids is 1. The average molecular weight is 299 g/mol. The first-order valence-electron chi connectivity index (χ1n) is 6.43. The highest BCUT2D eigenvalue weighted by atomic mass is 16.5. The number of ether oxygens (including phenoxy) is 2. The number of carbonyl (C=O) groups is 2. The van der Waals surface area contributed by atoms with Gasteiger partial charge in [0.05, 0.1) is 6.10 Å². The van der Waals surface area contributed by atoms with E-state index in [1.54, 1.807) is 6.92 Å². The van der Waals surface area contributed by atoms with Gasteiger partial charge in [0.25, 0.3) is 5.89 Å². The molecular weight excluding hydrogens is 282 g/mol. The molecule has 0 saturated carbocycles. The van der Waals surface area contributed by atoms with Gasteiger partial charge in [-0.3, -0.25) is 4.79 Å². The number of amides is 1. The molecule has 2 rings (SSSR count). The molecule has 1 aliphatic heterocycles. The minimum Gasteiger partial charge on any atom is -0.480 e. The van der Waals surface area contributed by atoms with Crippen molar-refractivity contribution in [3.05, 3.63) is 11.7 Å². The largest absolute Gasteiger partial charge is 0.480 e. The zero-order chi connectivity index (χ0) is 15.4. The molecule has 2 unspecified atom stereocenters. The van der Waals surface area contributed by atoms with Crippen molar-refractivity contribution in [3.63, 3.8) is 0 Å². The predicted molar refractivity (Wildman–Crippen MR) is 67.2 cm³/mol. The Bertz CT molecular complexity index is 517. The Labute approximate surface area is 120 Å². The second-order valence-electron chi connectivity index (χ2n) is 4.72. The fourth-order valence-corrected chi connectivity index (χ4v) is 2.19. The van der Waals surface area contributed by atoms with Crippen LogP contribution in [0, 0.1) is 6.92 Å². The number of nitrogens with zero attached hydrogens (tertiary/aromatic N) is 3. The number of rotatable bonds is 6. The van der Waals surface area contributed by atoms with Crippen LogP contribution in [0.25, 0.3) is 0 Å². The van der Waals surface area contributed by atoms with E-state index in [4.69, 9.17) is 19.1 Å². The van der Waals surface area contributed by atoms with E-state index in [0.717, 1.165) is 0 Å². The van der Waals surface area contributed by atoms with Gasteiger partial charge in [0.2, 0.25) is 5.91 Å². The monoisotopic (exact) mass is 299 g/mol. The maximum absolute atomic E-state index is 12.0. The zero-order valence-electron chi connectivity index (χ0n) is 11.8. The summed E-state index contributed by atoms with van der Waals surface area (Å²) in [4.78, 5) is 28.4. The van der Waals surface area contributed by atoms with Gasteiger partial charge < -0.3 is 24.0 Å². The number of carboxylic acid groups (broad SMARTS) is 1. The van der Waals surface area contributed by atoms with Gasteiger partial charge in [0.15, 0.2) is 5.82 Å². The van der Waals surface area contributed by atoms with E-state index in [1.165, 1.54) is 12.0 Å². The van der Waals surface area contributed by atoms with Crippen molar-refractivity contribution in [2.24, 2.45) is 0 Å². The van der Waals surface area contributed by atoms with Gasteiger partial charge in [0, 0.05) is 20.1 Å². The number of methoxy groups -OCH3 is 1. The van der Waals surface area contributed by atoms with Crippen LogP contribution in [0.15, 0.2) is 4.52 Å². The van der Waals surface area contributed by atoms with Gasteiger partial charge in [-0.1, -0.05) is 5.16 Å². The highest BCUT2D eigenvalue weighted by Gasteiger charge is 2.39. The topological polar surface area (TPSA) is 115 Å². The molecule has 1 N–H and O–H groups in total. The predicted octanol–water partition coefficient (Wildman–Crippen LogP) is -0.405. The number of likely N-dealkylation sites (tertiary alicyclic amines) is 1. The Kier molecular flexibility index (Phi) is 4.86. The third-order valence-electron chi connectivity index (χ3n) is 3.22. The SMILES string of the molecule is COC1CC(C(=O)O)N(C(=O)COCc2nc(C)no2)C1. The summed E-state index contributed by atoms with van der Waals surface area (Å²) in [6.45, 7) is 1.67. The van der Waals surface area contributed by atoms with Crippen molar-refractivity contribution in [2.45, 2.75) is 32.1 Å². The molecule has 9 nitrogen and oxygen atoms in total. The lowest BCUT2D eigenvalue weighted by Gasteiger charge is -2.20. The lowest BCUT2D eigenvalue weighted by atomic mass is 10.2.